The normalized spacial score (nSPS) is 9.96. The maximum atomic E-state index is 12.1. The molecular formula is C17H16INO5. The first-order valence-electron chi connectivity index (χ1n) is 6.98. The van der Waals surface area contributed by atoms with Crippen molar-refractivity contribution in [1.29, 1.82) is 0 Å². The summed E-state index contributed by atoms with van der Waals surface area (Å²) in [6.07, 6.45) is 0. The summed E-state index contributed by atoms with van der Waals surface area (Å²) in [6, 6.07) is 12.0. The zero-order valence-electron chi connectivity index (χ0n) is 13.2. The molecule has 0 atom stereocenters. The smallest absolute Gasteiger partial charge is 0.342 e. The van der Waals surface area contributed by atoms with Crippen molar-refractivity contribution in [2.75, 3.05) is 26.1 Å². The van der Waals surface area contributed by atoms with E-state index in [4.69, 9.17) is 14.2 Å². The van der Waals surface area contributed by atoms with E-state index in [0.717, 1.165) is 3.57 Å². The van der Waals surface area contributed by atoms with Crippen LogP contribution in [-0.2, 0) is 9.53 Å². The van der Waals surface area contributed by atoms with Crippen molar-refractivity contribution in [3.8, 4) is 11.5 Å². The SMILES string of the molecule is COc1ccc(C(=O)OCC(=O)Nc2ccc(I)cc2)c(OC)c1. The van der Waals surface area contributed by atoms with Gasteiger partial charge in [-0.25, -0.2) is 4.79 Å². The fraction of sp³-hybridized carbons (Fsp3) is 0.176. The summed E-state index contributed by atoms with van der Waals surface area (Å²) in [4.78, 5) is 23.9. The number of amides is 1. The van der Waals surface area contributed by atoms with Gasteiger partial charge in [-0.3, -0.25) is 4.79 Å². The van der Waals surface area contributed by atoms with Gasteiger partial charge in [0.25, 0.3) is 5.91 Å². The van der Waals surface area contributed by atoms with Gasteiger partial charge in [0.05, 0.1) is 14.2 Å². The van der Waals surface area contributed by atoms with Crippen LogP contribution in [0.25, 0.3) is 0 Å². The Morgan fingerprint density at radius 3 is 2.38 bits per heavy atom. The minimum atomic E-state index is -0.646. The second-order valence-electron chi connectivity index (χ2n) is 4.70. The fourth-order valence-corrected chi connectivity index (χ4v) is 2.27. The van der Waals surface area contributed by atoms with Crippen molar-refractivity contribution in [3.63, 3.8) is 0 Å². The Labute approximate surface area is 153 Å². The van der Waals surface area contributed by atoms with Crippen LogP contribution in [0.1, 0.15) is 10.4 Å². The Balaban J connectivity index is 1.95. The van der Waals surface area contributed by atoms with E-state index >= 15 is 0 Å². The van der Waals surface area contributed by atoms with Crippen LogP contribution in [-0.4, -0.2) is 32.7 Å². The molecule has 1 N–H and O–H groups in total. The molecule has 2 rings (SSSR count). The third kappa shape index (κ3) is 4.85. The number of methoxy groups -OCH3 is 2. The summed E-state index contributed by atoms with van der Waals surface area (Å²) in [7, 11) is 2.96. The molecule has 0 spiro atoms. The molecular weight excluding hydrogens is 425 g/mol. The first kappa shape index (κ1) is 18.1. The highest BCUT2D eigenvalue weighted by atomic mass is 127. The van der Waals surface area contributed by atoms with Gasteiger partial charge in [-0.15, -0.1) is 0 Å². The molecule has 2 aromatic rings. The molecule has 0 fully saturated rings. The van der Waals surface area contributed by atoms with Crippen LogP contribution in [0.15, 0.2) is 42.5 Å². The molecule has 0 radical (unpaired) electrons. The maximum absolute atomic E-state index is 12.1. The molecule has 0 aliphatic rings. The summed E-state index contributed by atoms with van der Waals surface area (Å²) < 4.78 is 16.3. The second kappa shape index (κ2) is 8.53. The van der Waals surface area contributed by atoms with Gasteiger partial charge in [0.1, 0.15) is 17.1 Å². The van der Waals surface area contributed by atoms with Crippen molar-refractivity contribution in [3.05, 3.63) is 51.6 Å². The molecule has 0 heterocycles. The van der Waals surface area contributed by atoms with Crippen LogP contribution >= 0.6 is 22.6 Å². The molecule has 2 aromatic carbocycles. The molecule has 0 aromatic heterocycles. The molecule has 126 valence electrons. The molecule has 0 aliphatic heterocycles. The third-order valence-electron chi connectivity index (χ3n) is 3.09. The third-order valence-corrected chi connectivity index (χ3v) is 3.81. The molecule has 6 nitrogen and oxygen atoms in total. The average molecular weight is 441 g/mol. The van der Waals surface area contributed by atoms with Gasteiger partial charge in [0, 0.05) is 15.3 Å². The van der Waals surface area contributed by atoms with E-state index in [1.807, 2.05) is 12.1 Å². The minimum Gasteiger partial charge on any atom is -0.497 e. The lowest BCUT2D eigenvalue weighted by Gasteiger charge is -2.10. The van der Waals surface area contributed by atoms with Crippen LogP contribution in [0.3, 0.4) is 0 Å². The van der Waals surface area contributed by atoms with Crippen molar-refractivity contribution in [2.24, 2.45) is 0 Å². The number of benzene rings is 2. The van der Waals surface area contributed by atoms with E-state index in [1.54, 1.807) is 24.3 Å². The quantitative estimate of drug-likeness (QED) is 0.551. The Kier molecular flexibility index (Phi) is 6.42. The maximum Gasteiger partial charge on any atom is 0.342 e. The van der Waals surface area contributed by atoms with Crippen LogP contribution < -0.4 is 14.8 Å². The highest BCUT2D eigenvalue weighted by Gasteiger charge is 2.16. The Morgan fingerprint density at radius 2 is 1.75 bits per heavy atom. The number of ether oxygens (including phenoxy) is 3. The number of carbonyl (C=O) groups is 2. The number of rotatable bonds is 6. The van der Waals surface area contributed by atoms with Crippen LogP contribution in [0, 0.1) is 3.57 Å². The predicted octanol–water partition coefficient (Wildman–Crippen LogP) is 3.10. The van der Waals surface area contributed by atoms with Crippen molar-refractivity contribution >= 4 is 40.2 Å². The first-order valence-corrected chi connectivity index (χ1v) is 8.06. The Hall–Kier alpha value is -2.29. The van der Waals surface area contributed by atoms with Crippen LogP contribution in [0.2, 0.25) is 0 Å². The van der Waals surface area contributed by atoms with Gasteiger partial charge in [0.2, 0.25) is 0 Å². The number of anilines is 1. The molecule has 1 amide bonds. The Morgan fingerprint density at radius 1 is 1.04 bits per heavy atom. The number of esters is 1. The molecule has 0 aliphatic carbocycles. The van der Waals surface area contributed by atoms with E-state index in [0.29, 0.717) is 17.2 Å². The molecule has 0 saturated carbocycles. The number of hydrogen-bond acceptors (Lipinski definition) is 5. The predicted molar refractivity (Wildman–Crippen MR) is 97.6 cm³/mol. The van der Waals surface area contributed by atoms with Crippen LogP contribution in [0.4, 0.5) is 5.69 Å². The summed E-state index contributed by atoms with van der Waals surface area (Å²) in [6.45, 7) is -0.389. The highest BCUT2D eigenvalue weighted by molar-refractivity contribution is 14.1. The lowest BCUT2D eigenvalue weighted by molar-refractivity contribution is -0.119. The van der Waals surface area contributed by atoms with Crippen molar-refractivity contribution in [1.82, 2.24) is 0 Å². The van der Waals surface area contributed by atoms with E-state index < -0.39 is 11.9 Å². The highest BCUT2D eigenvalue weighted by Crippen LogP contribution is 2.25. The molecule has 24 heavy (non-hydrogen) atoms. The van der Waals surface area contributed by atoms with Crippen molar-refractivity contribution in [2.45, 2.75) is 0 Å². The number of nitrogens with one attached hydrogen (secondary N) is 1. The Bertz CT molecular complexity index is 730. The molecule has 0 unspecified atom stereocenters. The topological polar surface area (TPSA) is 73.9 Å². The van der Waals surface area contributed by atoms with E-state index in [9.17, 15) is 9.59 Å². The monoisotopic (exact) mass is 441 g/mol. The number of halogens is 1. The second-order valence-corrected chi connectivity index (χ2v) is 5.94. The standard InChI is InChI=1S/C17H16INO5/c1-22-13-7-8-14(15(9-13)23-2)17(21)24-10-16(20)19-12-5-3-11(18)4-6-12/h3-9H,10H2,1-2H3,(H,19,20). The lowest BCUT2D eigenvalue weighted by Crippen LogP contribution is -2.21. The zero-order chi connectivity index (χ0) is 17.5. The number of carbonyl (C=O) groups excluding carboxylic acids is 2. The van der Waals surface area contributed by atoms with Crippen molar-refractivity contribution < 1.29 is 23.8 Å². The van der Waals surface area contributed by atoms with Gasteiger partial charge >= 0.3 is 5.97 Å². The summed E-state index contributed by atoms with van der Waals surface area (Å²) in [5.74, 6) is -0.193. The summed E-state index contributed by atoms with van der Waals surface area (Å²) in [5.41, 5.74) is 0.860. The average Bonchev–Trinajstić information content (AvgIpc) is 2.61. The largest absolute Gasteiger partial charge is 0.497 e. The van der Waals surface area contributed by atoms with Crippen LogP contribution in [0.5, 0.6) is 11.5 Å². The van der Waals surface area contributed by atoms with Gasteiger partial charge in [0.15, 0.2) is 6.61 Å². The van der Waals surface area contributed by atoms with E-state index in [2.05, 4.69) is 27.9 Å². The fourth-order valence-electron chi connectivity index (χ4n) is 1.91. The lowest BCUT2D eigenvalue weighted by atomic mass is 10.2. The van der Waals surface area contributed by atoms with E-state index in [-0.39, 0.29) is 12.2 Å². The molecule has 7 heteroatoms. The summed E-state index contributed by atoms with van der Waals surface area (Å²) in [5, 5.41) is 2.65. The molecule has 0 saturated heterocycles. The van der Waals surface area contributed by atoms with E-state index in [1.165, 1.54) is 20.3 Å². The summed E-state index contributed by atoms with van der Waals surface area (Å²) >= 11 is 2.17. The van der Waals surface area contributed by atoms with Gasteiger partial charge in [-0.05, 0) is 59.0 Å². The zero-order valence-corrected chi connectivity index (χ0v) is 15.3. The minimum absolute atomic E-state index is 0.223. The van der Waals surface area contributed by atoms with Gasteiger partial charge in [-0.1, -0.05) is 0 Å². The molecule has 0 bridgehead atoms. The van der Waals surface area contributed by atoms with Gasteiger partial charge < -0.3 is 19.5 Å². The number of hydrogen-bond donors (Lipinski definition) is 1. The van der Waals surface area contributed by atoms with Gasteiger partial charge in [-0.2, -0.15) is 0 Å². The first-order chi connectivity index (χ1) is 11.5.